The Balaban J connectivity index is 2.26. The average molecular weight is 419 g/mol. The van der Waals surface area contributed by atoms with Crippen LogP contribution in [0.4, 0.5) is 17.1 Å². The summed E-state index contributed by atoms with van der Waals surface area (Å²) >= 11 is 5.69. The van der Waals surface area contributed by atoms with E-state index in [9.17, 15) is 0 Å². The van der Waals surface area contributed by atoms with E-state index in [1.807, 2.05) is 36.4 Å². The molecule has 2 rings (SSSR count). The number of rotatable bonds is 3. The van der Waals surface area contributed by atoms with E-state index < -0.39 is 0 Å². The number of halogens is 2. The summed E-state index contributed by atoms with van der Waals surface area (Å²) in [6, 6.07) is 11.7. The summed E-state index contributed by atoms with van der Waals surface area (Å²) in [7, 11) is 1.64. The van der Waals surface area contributed by atoms with Crippen molar-refractivity contribution >= 4 is 55.6 Å². The molecule has 0 fully saturated rings. The van der Waals surface area contributed by atoms with Crippen LogP contribution in [0.1, 0.15) is 0 Å². The summed E-state index contributed by atoms with van der Waals surface area (Å²) in [5, 5.41) is 3.28. The quantitative estimate of drug-likeness (QED) is 0.574. The summed E-state index contributed by atoms with van der Waals surface area (Å²) in [6.07, 6.45) is 0. The molecule has 0 amide bonds. The zero-order chi connectivity index (χ0) is 13.1. The topological polar surface area (TPSA) is 47.3 Å². The van der Waals surface area contributed by atoms with Crippen LogP contribution >= 0.6 is 38.5 Å². The minimum atomic E-state index is 0.730. The standard InChI is InChI=1S/C13H12BrIN2O/c1-18-13-5-3-9(7-10(13)14)17-12-4-2-8(15)6-11(12)16/h2-7,17H,16H2,1H3. The van der Waals surface area contributed by atoms with Gasteiger partial charge >= 0.3 is 0 Å². The zero-order valence-corrected chi connectivity index (χ0v) is 13.4. The largest absolute Gasteiger partial charge is 0.496 e. The van der Waals surface area contributed by atoms with Gasteiger partial charge in [0.15, 0.2) is 0 Å². The van der Waals surface area contributed by atoms with Crippen LogP contribution in [0.3, 0.4) is 0 Å². The molecule has 0 aliphatic rings. The van der Waals surface area contributed by atoms with Crippen molar-refractivity contribution in [2.75, 3.05) is 18.2 Å². The highest BCUT2D eigenvalue weighted by atomic mass is 127. The highest BCUT2D eigenvalue weighted by molar-refractivity contribution is 14.1. The first-order chi connectivity index (χ1) is 8.60. The first kappa shape index (κ1) is 13.5. The fourth-order valence-corrected chi connectivity index (χ4v) is 2.60. The third kappa shape index (κ3) is 3.08. The Morgan fingerprint density at radius 1 is 1.22 bits per heavy atom. The van der Waals surface area contributed by atoms with Crippen LogP contribution in [-0.2, 0) is 0 Å². The van der Waals surface area contributed by atoms with Gasteiger partial charge in [-0.25, -0.2) is 0 Å². The highest BCUT2D eigenvalue weighted by Crippen LogP contribution is 2.31. The minimum absolute atomic E-state index is 0.730. The van der Waals surface area contributed by atoms with Gasteiger partial charge in [0, 0.05) is 9.26 Å². The third-order valence-corrected chi connectivity index (χ3v) is 3.74. The van der Waals surface area contributed by atoms with Crippen molar-refractivity contribution in [3.8, 4) is 5.75 Å². The van der Waals surface area contributed by atoms with Gasteiger partial charge in [0.05, 0.1) is 23.0 Å². The lowest BCUT2D eigenvalue weighted by molar-refractivity contribution is 0.412. The molecule has 0 spiro atoms. The Hall–Kier alpha value is -0.950. The maximum Gasteiger partial charge on any atom is 0.133 e. The molecule has 0 unspecified atom stereocenters. The predicted molar refractivity (Wildman–Crippen MR) is 87.5 cm³/mol. The lowest BCUT2D eigenvalue weighted by atomic mass is 10.2. The molecule has 0 aromatic heterocycles. The van der Waals surface area contributed by atoms with Crippen LogP contribution in [0.15, 0.2) is 40.9 Å². The molecule has 2 aromatic carbocycles. The number of anilines is 3. The molecule has 0 aliphatic carbocycles. The fourth-order valence-electron chi connectivity index (χ4n) is 1.55. The molecule has 0 saturated carbocycles. The molecule has 18 heavy (non-hydrogen) atoms. The minimum Gasteiger partial charge on any atom is -0.496 e. The molecule has 0 saturated heterocycles. The zero-order valence-electron chi connectivity index (χ0n) is 9.71. The molecule has 3 nitrogen and oxygen atoms in total. The smallest absolute Gasteiger partial charge is 0.133 e. The molecule has 0 aliphatic heterocycles. The molecule has 94 valence electrons. The molecule has 2 aromatic rings. The molecular formula is C13H12BrIN2O. The Morgan fingerprint density at radius 2 is 2.00 bits per heavy atom. The summed E-state index contributed by atoms with van der Waals surface area (Å²) < 4.78 is 7.21. The van der Waals surface area contributed by atoms with Crippen molar-refractivity contribution < 1.29 is 4.74 Å². The van der Waals surface area contributed by atoms with E-state index in [2.05, 4.69) is 43.8 Å². The van der Waals surface area contributed by atoms with Gasteiger partial charge in [0.25, 0.3) is 0 Å². The van der Waals surface area contributed by atoms with E-state index in [1.54, 1.807) is 7.11 Å². The lowest BCUT2D eigenvalue weighted by Crippen LogP contribution is -1.97. The molecular weight excluding hydrogens is 407 g/mol. The van der Waals surface area contributed by atoms with E-state index in [0.29, 0.717) is 0 Å². The number of methoxy groups -OCH3 is 1. The Kier molecular flexibility index (Phi) is 4.34. The fraction of sp³-hybridized carbons (Fsp3) is 0.0769. The summed E-state index contributed by atoms with van der Waals surface area (Å²) in [6.45, 7) is 0. The maximum absolute atomic E-state index is 5.96. The number of hydrogen-bond acceptors (Lipinski definition) is 3. The molecule has 0 heterocycles. The van der Waals surface area contributed by atoms with Crippen LogP contribution in [0, 0.1) is 3.57 Å². The second-order valence-electron chi connectivity index (χ2n) is 3.71. The van der Waals surface area contributed by atoms with Crippen molar-refractivity contribution in [3.05, 3.63) is 44.4 Å². The van der Waals surface area contributed by atoms with Gasteiger partial charge in [-0.05, 0) is 74.9 Å². The summed E-state index contributed by atoms with van der Waals surface area (Å²) in [5.41, 5.74) is 8.54. The van der Waals surface area contributed by atoms with Gasteiger partial charge < -0.3 is 15.8 Å². The predicted octanol–water partition coefficient (Wildman–Crippen LogP) is 4.39. The average Bonchev–Trinajstić information content (AvgIpc) is 2.33. The molecule has 0 bridgehead atoms. The van der Waals surface area contributed by atoms with Gasteiger partial charge in [0.1, 0.15) is 5.75 Å². The molecule has 5 heteroatoms. The van der Waals surface area contributed by atoms with E-state index in [0.717, 1.165) is 30.9 Å². The summed E-state index contributed by atoms with van der Waals surface area (Å²) in [5.74, 6) is 0.802. The Labute approximate surface area is 128 Å². The van der Waals surface area contributed by atoms with E-state index >= 15 is 0 Å². The highest BCUT2D eigenvalue weighted by Gasteiger charge is 2.04. The molecule has 3 N–H and O–H groups in total. The van der Waals surface area contributed by atoms with E-state index in [4.69, 9.17) is 10.5 Å². The van der Waals surface area contributed by atoms with Crippen molar-refractivity contribution in [2.24, 2.45) is 0 Å². The van der Waals surface area contributed by atoms with Gasteiger partial charge in [0.2, 0.25) is 0 Å². The van der Waals surface area contributed by atoms with Gasteiger partial charge in [-0.1, -0.05) is 0 Å². The van der Waals surface area contributed by atoms with Crippen LogP contribution < -0.4 is 15.8 Å². The van der Waals surface area contributed by atoms with E-state index in [-0.39, 0.29) is 0 Å². The van der Waals surface area contributed by atoms with Crippen LogP contribution in [0.25, 0.3) is 0 Å². The third-order valence-electron chi connectivity index (χ3n) is 2.44. The number of benzene rings is 2. The van der Waals surface area contributed by atoms with Gasteiger partial charge in [-0.2, -0.15) is 0 Å². The summed E-state index contributed by atoms with van der Waals surface area (Å²) in [4.78, 5) is 0. The first-order valence-corrected chi connectivity index (χ1v) is 7.13. The number of hydrogen-bond donors (Lipinski definition) is 2. The van der Waals surface area contributed by atoms with E-state index in [1.165, 1.54) is 0 Å². The molecule has 0 radical (unpaired) electrons. The second-order valence-corrected chi connectivity index (χ2v) is 5.81. The van der Waals surface area contributed by atoms with Crippen LogP contribution in [0.2, 0.25) is 0 Å². The Bertz CT molecular complexity index is 575. The first-order valence-electron chi connectivity index (χ1n) is 5.26. The number of nitrogen functional groups attached to an aromatic ring is 1. The van der Waals surface area contributed by atoms with Crippen molar-refractivity contribution in [1.82, 2.24) is 0 Å². The van der Waals surface area contributed by atoms with Gasteiger partial charge in [-0.3, -0.25) is 0 Å². The number of nitrogens with two attached hydrogens (primary N) is 1. The number of ether oxygens (including phenoxy) is 1. The van der Waals surface area contributed by atoms with Crippen LogP contribution in [0.5, 0.6) is 5.75 Å². The van der Waals surface area contributed by atoms with Crippen molar-refractivity contribution in [2.45, 2.75) is 0 Å². The lowest BCUT2D eigenvalue weighted by Gasteiger charge is -2.11. The number of nitrogens with one attached hydrogen (secondary N) is 1. The van der Waals surface area contributed by atoms with Gasteiger partial charge in [-0.15, -0.1) is 0 Å². The maximum atomic E-state index is 5.96. The monoisotopic (exact) mass is 418 g/mol. The SMILES string of the molecule is COc1ccc(Nc2ccc(I)cc2N)cc1Br. The van der Waals surface area contributed by atoms with Crippen molar-refractivity contribution in [1.29, 1.82) is 0 Å². The molecule has 0 atom stereocenters. The Morgan fingerprint density at radius 3 is 2.61 bits per heavy atom. The van der Waals surface area contributed by atoms with Crippen molar-refractivity contribution in [3.63, 3.8) is 0 Å². The second kappa shape index (κ2) is 5.79. The normalized spacial score (nSPS) is 10.2. The van der Waals surface area contributed by atoms with Crippen LogP contribution in [-0.4, -0.2) is 7.11 Å².